The molecule has 0 bridgehead atoms. The van der Waals surface area contributed by atoms with Crippen molar-refractivity contribution >= 4 is 20.9 Å². The van der Waals surface area contributed by atoms with Crippen LogP contribution in [-0.4, -0.2) is 32.6 Å². The summed E-state index contributed by atoms with van der Waals surface area (Å²) >= 11 is -0.234. The molecule has 0 rings (SSSR count). The molecule has 12 heavy (non-hydrogen) atoms. The molecule has 2 nitrogen and oxygen atoms in total. The second kappa shape index (κ2) is 7.56. The number of ether oxygens (including phenoxy) is 1. The van der Waals surface area contributed by atoms with Gasteiger partial charge in [-0.1, -0.05) is 0 Å². The Balaban J connectivity index is 3.42. The number of halogens is 1. The number of unbranched alkanes of at least 4 members (excludes halogenated alkanes) is 1. The molecule has 0 aliphatic heterocycles. The van der Waals surface area contributed by atoms with E-state index in [1.54, 1.807) is 6.92 Å². The average Bonchev–Trinajstić information content (AvgIpc) is 2.05. The van der Waals surface area contributed by atoms with Crippen molar-refractivity contribution in [3.63, 3.8) is 0 Å². The quantitative estimate of drug-likeness (QED) is 0.402. The molecule has 1 unspecified atom stereocenters. The second-order valence-corrected chi connectivity index (χ2v) is 4.72. The molecule has 0 aliphatic carbocycles. The van der Waals surface area contributed by atoms with Crippen molar-refractivity contribution in [1.82, 2.24) is 0 Å². The molecule has 0 saturated heterocycles. The van der Waals surface area contributed by atoms with E-state index in [0.29, 0.717) is 0 Å². The summed E-state index contributed by atoms with van der Waals surface area (Å²) in [5, 5.41) is -0.535. The van der Waals surface area contributed by atoms with E-state index in [-0.39, 0.29) is 21.6 Å². The molecule has 0 aromatic rings. The standard InChI is InChI=1S/C8H15FO2Se/c1-3-5-6-12-7(9)8(10)11-4-2/h7H,3-6H2,1-2H3. The van der Waals surface area contributed by atoms with Crippen LogP contribution >= 0.6 is 0 Å². The fourth-order valence-corrected chi connectivity index (χ4v) is 2.42. The van der Waals surface area contributed by atoms with E-state index in [2.05, 4.69) is 4.74 Å². The van der Waals surface area contributed by atoms with E-state index in [1.807, 2.05) is 6.92 Å². The van der Waals surface area contributed by atoms with Crippen molar-refractivity contribution in [2.75, 3.05) is 6.61 Å². The van der Waals surface area contributed by atoms with Crippen molar-refractivity contribution in [1.29, 1.82) is 0 Å². The molecule has 72 valence electrons. The predicted molar refractivity (Wildman–Crippen MR) is 47.0 cm³/mol. The van der Waals surface area contributed by atoms with Crippen LogP contribution in [-0.2, 0) is 9.53 Å². The van der Waals surface area contributed by atoms with Gasteiger partial charge in [0.15, 0.2) is 0 Å². The number of esters is 1. The average molecular weight is 241 g/mol. The zero-order valence-corrected chi connectivity index (χ0v) is 9.22. The molecule has 0 aliphatic rings. The topological polar surface area (TPSA) is 26.3 Å². The Morgan fingerprint density at radius 3 is 2.75 bits per heavy atom. The molecule has 0 aromatic heterocycles. The summed E-state index contributed by atoms with van der Waals surface area (Å²) < 4.78 is 17.4. The molecule has 0 fully saturated rings. The molecule has 4 heteroatoms. The molecular weight excluding hydrogens is 226 g/mol. The van der Waals surface area contributed by atoms with E-state index in [9.17, 15) is 9.18 Å². The van der Waals surface area contributed by atoms with Gasteiger partial charge in [-0.25, -0.2) is 0 Å². The third-order valence-electron chi connectivity index (χ3n) is 1.23. The molecule has 0 heterocycles. The van der Waals surface area contributed by atoms with Crippen molar-refractivity contribution in [3.05, 3.63) is 0 Å². The van der Waals surface area contributed by atoms with Crippen molar-refractivity contribution < 1.29 is 13.9 Å². The summed E-state index contributed by atoms with van der Waals surface area (Å²) in [5.41, 5.74) is 0. The Kier molecular flexibility index (Phi) is 7.51. The number of hydrogen-bond acceptors (Lipinski definition) is 2. The van der Waals surface area contributed by atoms with Gasteiger partial charge < -0.3 is 0 Å². The Labute approximate surface area is 79.0 Å². The molecule has 1 atom stereocenters. The summed E-state index contributed by atoms with van der Waals surface area (Å²) in [6, 6.07) is 0. The number of carbonyl (C=O) groups is 1. The number of hydrogen-bond donors (Lipinski definition) is 0. The molecule has 0 amide bonds. The van der Waals surface area contributed by atoms with Gasteiger partial charge in [0.2, 0.25) is 0 Å². The van der Waals surface area contributed by atoms with Gasteiger partial charge in [-0.05, 0) is 0 Å². The Bertz CT molecular complexity index is 130. The van der Waals surface area contributed by atoms with Crippen LogP contribution < -0.4 is 0 Å². The van der Waals surface area contributed by atoms with Gasteiger partial charge in [0.1, 0.15) is 0 Å². The monoisotopic (exact) mass is 242 g/mol. The molecule has 0 N–H and O–H groups in total. The van der Waals surface area contributed by atoms with Crippen LogP contribution in [0.3, 0.4) is 0 Å². The van der Waals surface area contributed by atoms with Crippen LogP contribution in [0.4, 0.5) is 4.39 Å². The van der Waals surface area contributed by atoms with Gasteiger partial charge in [0.05, 0.1) is 0 Å². The number of alkyl halides is 1. The summed E-state index contributed by atoms with van der Waals surface area (Å²) in [7, 11) is 0. The van der Waals surface area contributed by atoms with Crippen LogP contribution in [0.2, 0.25) is 5.32 Å². The first kappa shape index (κ1) is 11.9. The maximum atomic E-state index is 12.9. The van der Waals surface area contributed by atoms with E-state index < -0.39 is 11.0 Å². The molecule has 0 spiro atoms. The maximum absolute atomic E-state index is 12.9. The molecule has 0 radical (unpaired) electrons. The van der Waals surface area contributed by atoms with Gasteiger partial charge >= 0.3 is 78.5 Å². The first-order valence-corrected chi connectivity index (χ1v) is 6.34. The van der Waals surface area contributed by atoms with Crippen LogP contribution in [0.5, 0.6) is 0 Å². The van der Waals surface area contributed by atoms with E-state index in [0.717, 1.165) is 18.2 Å². The van der Waals surface area contributed by atoms with E-state index in [4.69, 9.17) is 0 Å². The normalized spacial score (nSPS) is 12.6. The minimum absolute atomic E-state index is 0.234. The SMILES string of the molecule is CCCC[Se]C(F)C(=O)OCC. The minimum atomic E-state index is -1.36. The number of carbonyl (C=O) groups excluding carboxylic acids is 1. The van der Waals surface area contributed by atoms with Gasteiger partial charge in [0, 0.05) is 0 Å². The van der Waals surface area contributed by atoms with Gasteiger partial charge in [-0.3, -0.25) is 0 Å². The molecule has 0 aromatic carbocycles. The molecule has 0 saturated carbocycles. The van der Waals surface area contributed by atoms with Crippen LogP contribution in [0, 0.1) is 0 Å². The first-order chi connectivity index (χ1) is 5.72. The Morgan fingerprint density at radius 1 is 1.58 bits per heavy atom. The number of rotatable bonds is 6. The van der Waals surface area contributed by atoms with E-state index in [1.165, 1.54) is 0 Å². The van der Waals surface area contributed by atoms with Crippen molar-refractivity contribution in [3.8, 4) is 0 Å². The summed E-state index contributed by atoms with van der Waals surface area (Å²) in [6.45, 7) is 4.00. The van der Waals surface area contributed by atoms with Gasteiger partial charge in [0.25, 0.3) is 0 Å². The summed E-state index contributed by atoms with van der Waals surface area (Å²) in [4.78, 5) is 10.8. The predicted octanol–water partition coefficient (Wildman–Crippen LogP) is 1.77. The summed E-state index contributed by atoms with van der Waals surface area (Å²) in [6.07, 6.45) is 2.05. The van der Waals surface area contributed by atoms with Crippen molar-refractivity contribution in [2.45, 2.75) is 37.1 Å². The Morgan fingerprint density at radius 2 is 2.25 bits per heavy atom. The third-order valence-corrected chi connectivity index (χ3v) is 3.35. The Hall–Kier alpha value is -0.0805. The van der Waals surface area contributed by atoms with Gasteiger partial charge in [-0.15, -0.1) is 0 Å². The fraction of sp³-hybridized carbons (Fsp3) is 0.875. The van der Waals surface area contributed by atoms with Crippen LogP contribution in [0.15, 0.2) is 0 Å². The van der Waals surface area contributed by atoms with Crippen LogP contribution in [0.25, 0.3) is 0 Å². The zero-order valence-electron chi connectivity index (χ0n) is 7.51. The fourth-order valence-electron chi connectivity index (χ4n) is 0.607. The first-order valence-electron chi connectivity index (χ1n) is 4.14. The van der Waals surface area contributed by atoms with Crippen LogP contribution in [0.1, 0.15) is 26.7 Å². The second-order valence-electron chi connectivity index (χ2n) is 2.29. The molecular formula is C8H15FO2Se. The van der Waals surface area contributed by atoms with Crippen molar-refractivity contribution in [2.24, 2.45) is 0 Å². The van der Waals surface area contributed by atoms with E-state index >= 15 is 0 Å². The zero-order chi connectivity index (χ0) is 9.40. The summed E-state index contributed by atoms with van der Waals surface area (Å²) in [5.74, 6) is -0.686. The third kappa shape index (κ3) is 5.55. The van der Waals surface area contributed by atoms with Gasteiger partial charge in [-0.2, -0.15) is 0 Å².